The minimum Gasteiger partial charge on any atom is -0.497 e. The van der Waals surface area contributed by atoms with Crippen LogP contribution in [0.25, 0.3) is 10.8 Å². The quantitative estimate of drug-likeness (QED) is 0.671. The Morgan fingerprint density at radius 3 is 2.76 bits per heavy atom. The fraction of sp³-hybridized carbons (Fsp3) is 0.450. The molecule has 0 saturated carbocycles. The van der Waals surface area contributed by atoms with Crippen molar-refractivity contribution in [2.45, 2.75) is 13.0 Å². The van der Waals surface area contributed by atoms with Crippen LogP contribution in [0.15, 0.2) is 41.4 Å². The summed E-state index contributed by atoms with van der Waals surface area (Å²) >= 11 is 0. The number of ether oxygens (including phenoxy) is 2. The van der Waals surface area contributed by atoms with E-state index in [4.69, 9.17) is 9.47 Å². The van der Waals surface area contributed by atoms with Crippen LogP contribution < -0.4 is 10.1 Å². The lowest BCUT2D eigenvalue weighted by Crippen LogP contribution is -2.39. The van der Waals surface area contributed by atoms with Crippen LogP contribution in [0, 0.1) is 5.92 Å². The molecule has 0 aliphatic carbocycles. The van der Waals surface area contributed by atoms with Crippen molar-refractivity contribution in [2.24, 2.45) is 10.9 Å². The van der Waals surface area contributed by atoms with E-state index in [9.17, 15) is 0 Å². The third kappa shape index (κ3) is 4.23. The molecule has 134 valence electrons. The van der Waals surface area contributed by atoms with Crippen molar-refractivity contribution in [3.63, 3.8) is 0 Å². The minimum atomic E-state index is 0.596. The Bertz CT molecular complexity index is 745. The van der Waals surface area contributed by atoms with Crippen LogP contribution in [-0.4, -0.2) is 51.8 Å². The fourth-order valence-corrected chi connectivity index (χ4v) is 3.42. The van der Waals surface area contributed by atoms with Gasteiger partial charge in [-0.1, -0.05) is 18.2 Å². The van der Waals surface area contributed by atoms with Gasteiger partial charge in [0.05, 0.1) is 13.7 Å². The van der Waals surface area contributed by atoms with Gasteiger partial charge in [-0.15, -0.1) is 0 Å². The Morgan fingerprint density at radius 2 is 2.00 bits per heavy atom. The zero-order chi connectivity index (χ0) is 17.6. The SMILES string of the molecule is CN=C(NCc1ccc2cc(OC)ccc2c1)N1CCC(COC)C1. The predicted octanol–water partition coefficient (Wildman–Crippen LogP) is 2.89. The molecule has 2 aromatic rings. The average molecular weight is 341 g/mol. The average Bonchev–Trinajstić information content (AvgIpc) is 3.10. The van der Waals surface area contributed by atoms with Crippen LogP contribution >= 0.6 is 0 Å². The van der Waals surface area contributed by atoms with Crippen molar-refractivity contribution in [2.75, 3.05) is 41.0 Å². The summed E-state index contributed by atoms with van der Waals surface area (Å²) in [5, 5.41) is 5.90. The second-order valence-electron chi connectivity index (χ2n) is 6.50. The van der Waals surface area contributed by atoms with Crippen molar-refractivity contribution < 1.29 is 9.47 Å². The van der Waals surface area contributed by atoms with Gasteiger partial charge < -0.3 is 19.7 Å². The molecule has 1 N–H and O–H groups in total. The number of aliphatic imine (C=N–C) groups is 1. The zero-order valence-corrected chi connectivity index (χ0v) is 15.3. The summed E-state index contributed by atoms with van der Waals surface area (Å²) in [6.07, 6.45) is 1.16. The van der Waals surface area contributed by atoms with Crippen LogP contribution in [0.2, 0.25) is 0 Å². The van der Waals surface area contributed by atoms with E-state index in [0.29, 0.717) is 5.92 Å². The van der Waals surface area contributed by atoms with Gasteiger partial charge in [0.2, 0.25) is 0 Å². The number of fused-ring (bicyclic) bond motifs is 1. The Labute approximate surface area is 149 Å². The van der Waals surface area contributed by atoms with Crippen molar-refractivity contribution in [1.82, 2.24) is 10.2 Å². The second-order valence-corrected chi connectivity index (χ2v) is 6.50. The molecule has 0 aromatic heterocycles. The number of nitrogens with one attached hydrogen (secondary N) is 1. The van der Waals surface area contributed by atoms with Gasteiger partial charge in [0.15, 0.2) is 5.96 Å². The highest BCUT2D eigenvalue weighted by atomic mass is 16.5. The molecule has 0 amide bonds. The Kier molecular flexibility index (Phi) is 5.76. The van der Waals surface area contributed by atoms with E-state index in [0.717, 1.165) is 44.4 Å². The number of benzene rings is 2. The summed E-state index contributed by atoms with van der Waals surface area (Å²) in [7, 11) is 5.31. The molecule has 5 nitrogen and oxygen atoms in total. The fourth-order valence-electron chi connectivity index (χ4n) is 3.42. The normalized spacial score (nSPS) is 18.0. The minimum absolute atomic E-state index is 0.596. The van der Waals surface area contributed by atoms with Gasteiger partial charge in [0, 0.05) is 39.7 Å². The molecule has 1 aliphatic heterocycles. The van der Waals surface area contributed by atoms with Gasteiger partial charge in [-0.05, 0) is 41.0 Å². The molecule has 5 heteroatoms. The predicted molar refractivity (Wildman–Crippen MR) is 102 cm³/mol. The van der Waals surface area contributed by atoms with Crippen LogP contribution in [0.1, 0.15) is 12.0 Å². The molecule has 1 saturated heterocycles. The zero-order valence-electron chi connectivity index (χ0n) is 15.3. The van der Waals surface area contributed by atoms with Gasteiger partial charge >= 0.3 is 0 Å². The molecule has 0 spiro atoms. The standard InChI is InChI=1S/C20H27N3O2/c1-21-20(23-9-8-16(13-23)14-24-2)22-12-15-4-5-18-11-19(25-3)7-6-17(18)10-15/h4-7,10-11,16H,8-9,12-14H2,1-3H3,(H,21,22). The highest BCUT2D eigenvalue weighted by molar-refractivity contribution is 5.85. The Morgan fingerprint density at radius 1 is 1.20 bits per heavy atom. The summed E-state index contributed by atoms with van der Waals surface area (Å²) in [5.74, 6) is 2.45. The van der Waals surface area contributed by atoms with Gasteiger partial charge in [0.1, 0.15) is 5.75 Å². The lowest BCUT2D eigenvalue weighted by Gasteiger charge is -2.21. The van der Waals surface area contributed by atoms with Crippen molar-refractivity contribution in [1.29, 1.82) is 0 Å². The molecular weight excluding hydrogens is 314 g/mol. The van der Waals surface area contributed by atoms with E-state index in [1.165, 1.54) is 16.3 Å². The number of hydrogen-bond donors (Lipinski definition) is 1. The molecule has 1 unspecified atom stereocenters. The molecule has 0 bridgehead atoms. The number of methoxy groups -OCH3 is 2. The lowest BCUT2D eigenvalue weighted by atomic mass is 10.1. The van der Waals surface area contributed by atoms with E-state index in [1.54, 1.807) is 14.2 Å². The monoisotopic (exact) mass is 341 g/mol. The highest BCUT2D eigenvalue weighted by Crippen LogP contribution is 2.22. The molecule has 2 aromatic carbocycles. The van der Waals surface area contributed by atoms with Crippen molar-refractivity contribution in [3.8, 4) is 5.75 Å². The van der Waals surface area contributed by atoms with E-state index >= 15 is 0 Å². The molecule has 1 fully saturated rings. The van der Waals surface area contributed by atoms with Crippen LogP contribution in [0.5, 0.6) is 5.75 Å². The third-order valence-corrected chi connectivity index (χ3v) is 4.76. The summed E-state index contributed by atoms with van der Waals surface area (Å²) in [6, 6.07) is 12.7. The molecule has 1 atom stereocenters. The number of nitrogens with zero attached hydrogens (tertiary/aromatic N) is 2. The topological polar surface area (TPSA) is 46.1 Å². The van der Waals surface area contributed by atoms with Gasteiger partial charge in [-0.25, -0.2) is 0 Å². The second kappa shape index (κ2) is 8.21. The summed E-state index contributed by atoms with van der Waals surface area (Å²) in [4.78, 5) is 6.75. The molecular formula is C20H27N3O2. The maximum atomic E-state index is 5.29. The molecule has 0 radical (unpaired) electrons. The molecule has 25 heavy (non-hydrogen) atoms. The first kappa shape index (κ1) is 17.5. The Hall–Kier alpha value is -2.27. The van der Waals surface area contributed by atoms with E-state index in [2.05, 4.69) is 45.5 Å². The van der Waals surface area contributed by atoms with Gasteiger partial charge in [-0.2, -0.15) is 0 Å². The highest BCUT2D eigenvalue weighted by Gasteiger charge is 2.24. The van der Waals surface area contributed by atoms with Crippen molar-refractivity contribution in [3.05, 3.63) is 42.0 Å². The summed E-state index contributed by atoms with van der Waals surface area (Å²) in [5.41, 5.74) is 1.24. The largest absolute Gasteiger partial charge is 0.497 e. The first-order valence-corrected chi connectivity index (χ1v) is 8.74. The summed E-state index contributed by atoms with van der Waals surface area (Å²) < 4.78 is 10.6. The maximum Gasteiger partial charge on any atom is 0.193 e. The number of likely N-dealkylation sites (tertiary alicyclic amines) is 1. The lowest BCUT2D eigenvalue weighted by molar-refractivity contribution is 0.157. The van der Waals surface area contributed by atoms with Gasteiger partial charge in [0.25, 0.3) is 0 Å². The first-order chi connectivity index (χ1) is 12.2. The van der Waals surface area contributed by atoms with E-state index in [1.807, 2.05) is 13.1 Å². The number of hydrogen-bond acceptors (Lipinski definition) is 3. The molecule has 3 rings (SSSR count). The maximum absolute atomic E-state index is 5.29. The summed E-state index contributed by atoms with van der Waals surface area (Å²) in [6.45, 7) is 3.62. The third-order valence-electron chi connectivity index (χ3n) is 4.76. The molecule has 1 heterocycles. The van der Waals surface area contributed by atoms with Crippen LogP contribution in [-0.2, 0) is 11.3 Å². The van der Waals surface area contributed by atoms with Crippen LogP contribution in [0.3, 0.4) is 0 Å². The van der Waals surface area contributed by atoms with Crippen molar-refractivity contribution >= 4 is 16.7 Å². The number of rotatable bonds is 5. The smallest absolute Gasteiger partial charge is 0.193 e. The van der Waals surface area contributed by atoms with Crippen LogP contribution in [0.4, 0.5) is 0 Å². The van der Waals surface area contributed by atoms with E-state index in [-0.39, 0.29) is 0 Å². The molecule has 1 aliphatic rings. The van der Waals surface area contributed by atoms with E-state index < -0.39 is 0 Å². The first-order valence-electron chi connectivity index (χ1n) is 8.74. The Balaban J connectivity index is 1.63. The number of guanidine groups is 1. The van der Waals surface area contributed by atoms with Gasteiger partial charge in [-0.3, -0.25) is 4.99 Å².